The van der Waals surface area contributed by atoms with Crippen molar-refractivity contribution < 1.29 is 18.9 Å². The molecular weight excluding hydrogens is 520 g/mol. The number of hydrogen-bond acceptors (Lipinski definition) is 4. The zero-order valence-electron chi connectivity index (χ0n) is 29.0. The largest absolute Gasteiger partial charge is 0.475 e. The minimum Gasteiger partial charge on any atom is -0.475 e. The molecule has 0 heterocycles. The maximum absolute atomic E-state index is 6.19. The summed E-state index contributed by atoms with van der Waals surface area (Å²) in [7, 11) is 0. The molecule has 0 aromatic carbocycles. The molecule has 42 heavy (non-hydrogen) atoms. The lowest BCUT2D eigenvalue weighted by atomic mass is 10.1. The summed E-state index contributed by atoms with van der Waals surface area (Å²) in [5, 5.41) is 0. The zero-order valence-corrected chi connectivity index (χ0v) is 29.0. The molecule has 0 unspecified atom stereocenters. The predicted molar refractivity (Wildman–Crippen MR) is 183 cm³/mol. The molecular formula is C38H76O4. The second kappa shape index (κ2) is 38.4. The molecule has 0 aliphatic rings. The predicted octanol–water partition coefficient (Wildman–Crippen LogP) is 12.8. The highest BCUT2D eigenvalue weighted by atomic mass is 16.7. The molecule has 0 atom stereocenters. The molecule has 252 valence electrons. The van der Waals surface area contributed by atoms with Gasteiger partial charge in [-0.1, -0.05) is 156 Å². The normalized spacial score (nSPS) is 11.8. The lowest BCUT2D eigenvalue weighted by Gasteiger charge is -2.19. The summed E-state index contributed by atoms with van der Waals surface area (Å²) in [6, 6.07) is 0. The third-order valence-corrected chi connectivity index (χ3v) is 8.15. The Morgan fingerprint density at radius 3 is 1.33 bits per heavy atom. The zero-order chi connectivity index (χ0) is 30.4. The van der Waals surface area contributed by atoms with Gasteiger partial charge in [0, 0.05) is 13.2 Å². The Morgan fingerprint density at radius 1 is 0.429 bits per heavy atom. The molecule has 0 aliphatic heterocycles. The maximum Gasteiger partial charge on any atom is 0.188 e. The minimum atomic E-state index is 0.0102. The minimum absolute atomic E-state index is 0.0102. The van der Waals surface area contributed by atoms with Gasteiger partial charge in [-0.05, 0) is 51.0 Å². The highest BCUT2D eigenvalue weighted by molar-refractivity contribution is 4.72. The van der Waals surface area contributed by atoms with E-state index in [1.807, 2.05) is 6.26 Å². The van der Waals surface area contributed by atoms with E-state index in [1.165, 1.54) is 161 Å². The number of unbranched alkanes of at least 4 members (excludes halogenated alkanes) is 23. The fourth-order valence-electron chi connectivity index (χ4n) is 5.31. The topological polar surface area (TPSA) is 36.9 Å². The van der Waals surface area contributed by atoms with Crippen molar-refractivity contribution in [3.05, 3.63) is 12.3 Å². The first-order valence-electron chi connectivity index (χ1n) is 18.9. The molecule has 0 aromatic rings. The quantitative estimate of drug-likeness (QED) is 0.0406. The first kappa shape index (κ1) is 41.4. The van der Waals surface area contributed by atoms with Crippen molar-refractivity contribution >= 4 is 0 Å². The Hall–Kier alpha value is -0.580. The van der Waals surface area contributed by atoms with Gasteiger partial charge in [-0.15, -0.1) is 0 Å². The van der Waals surface area contributed by atoms with Gasteiger partial charge in [0.15, 0.2) is 13.1 Å². The Labute approximate surface area is 264 Å². The average molecular weight is 597 g/mol. The van der Waals surface area contributed by atoms with Gasteiger partial charge in [0.05, 0.1) is 12.9 Å². The van der Waals surface area contributed by atoms with Crippen molar-refractivity contribution in [3.8, 4) is 0 Å². The Morgan fingerprint density at radius 2 is 0.833 bits per heavy atom. The van der Waals surface area contributed by atoms with E-state index in [0.717, 1.165) is 39.1 Å². The summed E-state index contributed by atoms with van der Waals surface area (Å²) < 4.78 is 23.4. The van der Waals surface area contributed by atoms with Gasteiger partial charge < -0.3 is 18.9 Å². The van der Waals surface area contributed by atoms with Crippen molar-refractivity contribution in [2.24, 2.45) is 0 Å². The summed E-state index contributed by atoms with van der Waals surface area (Å²) in [5.41, 5.74) is 0. The van der Waals surface area contributed by atoms with Gasteiger partial charge in [-0.25, -0.2) is 0 Å². The monoisotopic (exact) mass is 597 g/mol. The van der Waals surface area contributed by atoms with Crippen LogP contribution >= 0.6 is 0 Å². The van der Waals surface area contributed by atoms with Crippen LogP contribution in [0, 0.1) is 0 Å². The Kier molecular flexibility index (Phi) is 37.9. The van der Waals surface area contributed by atoms with Gasteiger partial charge in [0.25, 0.3) is 0 Å². The van der Waals surface area contributed by atoms with Crippen LogP contribution in [0.15, 0.2) is 12.3 Å². The molecule has 0 aliphatic carbocycles. The molecule has 0 rings (SSSR count). The molecule has 4 nitrogen and oxygen atoms in total. The fourth-order valence-corrected chi connectivity index (χ4v) is 5.31. The van der Waals surface area contributed by atoms with Gasteiger partial charge in [0.1, 0.15) is 0 Å². The number of rotatable bonds is 37. The van der Waals surface area contributed by atoms with Crippen molar-refractivity contribution in [1.82, 2.24) is 0 Å². The molecule has 0 fully saturated rings. The molecule has 0 radical (unpaired) electrons. The molecule has 0 aromatic heterocycles. The first-order chi connectivity index (χ1) is 20.8. The third-order valence-electron chi connectivity index (χ3n) is 8.15. The first-order valence-corrected chi connectivity index (χ1v) is 18.9. The van der Waals surface area contributed by atoms with Crippen LogP contribution in [0.5, 0.6) is 0 Å². The summed E-state index contributed by atoms with van der Waals surface area (Å²) in [4.78, 5) is 0. The number of ether oxygens (including phenoxy) is 4. The average Bonchev–Trinajstić information content (AvgIpc) is 3.00. The van der Waals surface area contributed by atoms with Crippen LogP contribution in [-0.4, -0.2) is 32.9 Å². The lowest BCUT2D eigenvalue weighted by molar-refractivity contribution is -0.148. The SMILES string of the molecule is CCCCCCCCCOCOC=CCCCCCCCCCC(OCCCCCCCC)OCCCCCCCC. The second-order valence-electron chi connectivity index (χ2n) is 12.4. The Balaban J connectivity index is 3.66. The molecule has 0 amide bonds. The van der Waals surface area contributed by atoms with Crippen LogP contribution in [0.2, 0.25) is 0 Å². The van der Waals surface area contributed by atoms with E-state index in [4.69, 9.17) is 18.9 Å². The molecule has 4 heteroatoms. The highest BCUT2D eigenvalue weighted by Crippen LogP contribution is 2.15. The van der Waals surface area contributed by atoms with Crippen LogP contribution in [0.4, 0.5) is 0 Å². The maximum atomic E-state index is 6.19. The van der Waals surface area contributed by atoms with Crippen molar-refractivity contribution in [1.29, 1.82) is 0 Å². The van der Waals surface area contributed by atoms with E-state index in [9.17, 15) is 0 Å². The van der Waals surface area contributed by atoms with E-state index in [-0.39, 0.29) is 6.29 Å². The smallest absolute Gasteiger partial charge is 0.188 e. The van der Waals surface area contributed by atoms with E-state index in [0.29, 0.717) is 6.79 Å². The number of hydrogen-bond donors (Lipinski definition) is 0. The van der Waals surface area contributed by atoms with E-state index in [2.05, 4.69) is 26.8 Å². The highest BCUT2D eigenvalue weighted by Gasteiger charge is 2.09. The number of allylic oxidation sites excluding steroid dienone is 1. The molecule has 0 saturated carbocycles. The van der Waals surface area contributed by atoms with Gasteiger partial charge >= 0.3 is 0 Å². The summed E-state index contributed by atoms with van der Waals surface area (Å²) >= 11 is 0. The van der Waals surface area contributed by atoms with Crippen LogP contribution in [0.3, 0.4) is 0 Å². The van der Waals surface area contributed by atoms with Crippen molar-refractivity contribution in [2.45, 2.75) is 207 Å². The van der Waals surface area contributed by atoms with E-state index >= 15 is 0 Å². The van der Waals surface area contributed by atoms with Crippen molar-refractivity contribution in [2.75, 3.05) is 26.6 Å². The molecule has 0 N–H and O–H groups in total. The summed E-state index contributed by atoms with van der Waals surface area (Å²) in [6.45, 7) is 9.75. The summed E-state index contributed by atoms with van der Waals surface area (Å²) in [5.74, 6) is 0. The van der Waals surface area contributed by atoms with Gasteiger partial charge in [-0.3, -0.25) is 0 Å². The van der Waals surface area contributed by atoms with Gasteiger partial charge in [0.2, 0.25) is 0 Å². The van der Waals surface area contributed by atoms with Gasteiger partial charge in [-0.2, -0.15) is 0 Å². The lowest BCUT2D eigenvalue weighted by Crippen LogP contribution is -2.19. The van der Waals surface area contributed by atoms with Crippen LogP contribution in [0.1, 0.15) is 201 Å². The molecule has 0 bridgehead atoms. The standard InChI is InChI=1S/C38H76O4/c1-4-7-10-13-20-23-28-33-39-37-40-34-29-24-21-18-16-17-19-22-27-32-38(41-35-30-25-14-11-8-5-2)42-36-31-26-15-12-9-6-3/h29,34,38H,4-28,30-33,35-37H2,1-3H3. The van der Waals surface area contributed by atoms with Crippen LogP contribution in [0.25, 0.3) is 0 Å². The van der Waals surface area contributed by atoms with Crippen LogP contribution in [-0.2, 0) is 18.9 Å². The third kappa shape index (κ3) is 35.6. The van der Waals surface area contributed by atoms with E-state index in [1.54, 1.807) is 0 Å². The second-order valence-corrected chi connectivity index (χ2v) is 12.4. The van der Waals surface area contributed by atoms with E-state index < -0.39 is 0 Å². The van der Waals surface area contributed by atoms with Crippen molar-refractivity contribution in [3.63, 3.8) is 0 Å². The summed E-state index contributed by atoms with van der Waals surface area (Å²) in [6.07, 6.45) is 40.2. The molecule has 0 saturated heterocycles. The van der Waals surface area contributed by atoms with Crippen LogP contribution < -0.4 is 0 Å². The molecule has 0 spiro atoms. The Bertz CT molecular complexity index is 477. The fraction of sp³-hybridized carbons (Fsp3) is 0.947.